The Morgan fingerprint density at radius 3 is 2.36 bits per heavy atom. The zero-order chi connectivity index (χ0) is 10.7. The highest BCUT2D eigenvalue weighted by molar-refractivity contribution is 4.90. The summed E-state index contributed by atoms with van der Waals surface area (Å²) in [7, 11) is 0. The minimum absolute atomic E-state index is 0.915. The van der Waals surface area contributed by atoms with Gasteiger partial charge in [0.05, 0.1) is 0 Å². The minimum atomic E-state index is 0.915. The molecule has 82 valence electrons. The van der Waals surface area contributed by atoms with Crippen molar-refractivity contribution >= 4 is 0 Å². The molecule has 0 aromatic carbocycles. The molecular weight excluding hydrogens is 168 g/mol. The lowest BCUT2D eigenvalue weighted by atomic mass is 9.67. The Kier molecular flexibility index (Phi) is 4.22. The van der Waals surface area contributed by atoms with Gasteiger partial charge in [0.2, 0.25) is 0 Å². The Morgan fingerprint density at radius 1 is 1.14 bits per heavy atom. The summed E-state index contributed by atoms with van der Waals surface area (Å²) in [4.78, 5) is 0. The van der Waals surface area contributed by atoms with Gasteiger partial charge in [-0.15, -0.1) is 6.58 Å². The van der Waals surface area contributed by atoms with E-state index in [0.29, 0.717) is 0 Å². The molecule has 4 atom stereocenters. The third-order valence-corrected chi connectivity index (χ3v) is 4.41. The fourth-order valence-electron chi connectivity index (χ4n) is 2.79. The van der Waals surface area contributed by atoms with Crippen LogP contribution in [0.5, 0.6) is 0 Å². The van der Waals surface area contributed by atoms with Crippen molar-refractivity contribution in [2.24, 2.45) is 23.7 Å². The fourth-order valence-corrected chi connectivity index (χ4v) is 2.79. The van der Waals surface area contributed by atoms with Crippen LogP contribution in [0, 0.1) is 23.7 Å². The van der Waals surface area contributed by atoms with Crippen LogP contribution in [0.15, 0.2) is 12.2 Å². The van der Waals surface area contributed by atoms with Gasteiger partial charge in [0.1, 0.15) is 0 Å². The molecule has 0 aliphatic heterocycles. The molecule has 4 unspecified atom stereocenters. The van der Waals surface area contributed by atoms with Gasteiger partial charge in [0.25, 0.3) is 0 Å². The molecule has 0 bridgehead atoms. The average molecular weight is 194 g/mol. The van der Waals surface area contributed by atoms with Gasteiger partial charge in [-0.2, -0.15) is 0 Å². The first-order valence-corrected chi connectivity index (χ1v) is 6.16. The van der Waals surface area contributed by atoms with Crippen molar-refractivity contribution in [2.75, 3.05) is 0 Å². The predicted octanol–water partition coefficient (Wildman–Crippen LogP) is 4.66. The predicted molar refractivity (Wildman–Crippen MR) is 64.3 cm³/mol. The highest BCUT2D eigenvalue weighted by Gasteiger charge is 2.30. The minimum Gasteiger partial charge on any atom is -0.100 e. The molecule has 0 saturated heterocycles. The molecule has 0 radical (unpaired) electrons. The van der Waals surface area contributed by atoms with Crippen molar-refractivity contribution in [1.29, 1.82) is 0 Å². The highest BCUT2D eigenvalue weighted by Crippen LogP contribution is 2.40. The van der Waals surface area contributed by atoms with Gasteiger partial charge < -0.3 is 0 Å². The lowest BCUT2D eigenvalue weighted by Gasteiger charge is -2.38. The molecule has 14 heavy (non-hydrogen) atoms. The number of hydrogen-bond donors (Lipinski definition) is 0. The van der Waals surface area contributed by atoms with Crippen LogP contribution < -0.4 is 0 Å². The Labute approximate surface area is 89.8 Å². The maximum absolute atomic E-state index is 4.00. The summed E-state index contributed by atoms with van der Waals surface area (Å²) in [5.74, 6) is 3.72. The van der Waals surface area contributed by atoms with Crippen molar-refractivity contribution in [3.63, 3.8) is 0 Å². The molecule has 0 heteroatoms. The Bertz CT molecular complexity index is 192. The summed E-state index contributed by atoms with van der Waals surface area (Å²) < 4.78 is 0. The van der Waals surface area contributed by atoms with Crippen LogP contribution in [-0.2, 0) is 0 Å². The molecule has 0 aromatic heterocycles. The van der Waals surface area contributed by atoms with Crippen molar-refractivity contribution in [3.05, 3.63) is 12.2 Å². The fraction of sp³-hybridized carbons (Fsp3) is 0.857. The van der Waals surface area contributed by atoms with E-state index in [0.717, 1.165) is 23.7 Å². The molecule has 0 nitrogen and oxygen atoms in total. The van der Waals surface area contributed by atoms with Gasteiger partial charge in [-0.05, 0) is 49.9 Å². The summed E-state index contributed by atoms with van der Waals surface area (Å²) in [6.07, 6.45) is 5.48. The molecular formula is C14H26. The van der Waals surface area contributed by atoms with E-state index in [1.54, 1.807) is 0 Å². The van der Waals surface area contributed by atoms with Gasteiger partial charge in [0, 0.05) is 0 Å². The molecule has 0 spiro atoms. The quantitative estimate of drug-likeness (QED) is 0.573. The van der Waals surface area contributed by atoms with Crippen molar-refractivity contribution < 1.29 is 0 Å². The van der Waals surface area contributed by atoms with Gasteiger partial charge in [-0.3, -0.25) is 0 Å². The lowest BCUT2D eigenvalue weighted by molar-refractivity contribution is 0.119. The number of allylic oxidation sites excluding steroid dienone is 1. The third kappa shape index (κ3) is 2.87. The van der Waals surface area contributed by atoms with Gasteiger partial charge in [-0.1, -0.05) is 32.8 Å². The smallest absolute Gasteiger partial charge is 0.0323 e. The molecule has 0 aromatic rings. The summed E-state index contributed by atoms with van der Waals surface area (Å²) in [5, 5.41) is 0. The van der Waals surface area contributed by atoms with Gasteiger partial charge >= 0.3 is 0 Å². The second kappa shape index (κ2) is 5.00. The van der Waals surface area contributed by atoms with E-state index in [1.807, 2.05) is 0 Å². The van der Waals surface area contributed by atoms with E-state index in [2.05, 4.69) is 34.3 Å². The van der Waals surface area contributed by atoms with E-state index < -0.39 is 0 Å². The molecule has 0 N–H and O–H groups in total. The van der Waals surface area contributed by atoms with E-state index in [-0.39, 0.29) is 0 Å². The first-order valence-electron chi connectivity index (χ1n) is 6.16. The van der Waals surface area contributed by atoms with E-state index in [4.69, 9.17) is 0 Å². The second-order valence-corrected chi connectivity index (χ2v) is 5.53. The molecule has 1 aliphatic carbocycles. The normalized spacial score (nSPS) is 38.3. The first kappa shape index (κ1) is 11.8. The summed E-state index contributed by atoms with van der Waals surface area (Å²) in [6, 6.07) is 0. The highest BCUT2D eigenvalue weighted by atomic mass is 14.4. The lowest BCUT2D eigenvalue weighted by Crippen LogP contribution is -2.29. The second-order valence-electron chi connectivity index (χ2n) is 5.53. The van der Waals surface area contributed by atoms with Crippen molar-refractivity contribution in [1.82, 2.24) is 0 Å². The summed E-state index contributed by atoms with van der Waals surface area (Å²) in [5.41, 5.74) is 1.35. The maximum atomic E-state index is 4.00. The number of rotatable bonds is 3. The molecule has 1 fully saturated rings. The van der Waals surface area contributed by atoms with E-state index in [9.17, 15) is 0 Å². The van der Waals surface area contributed by atoms with Crippen molar-refractivity contribution in [3.8, 4) is 0 Å². The monoisotopic (exact) mass is 194 g/mol. The largest absolute Gasteiger partial charge is 0.100 e. The Morgan fingerprint density at radius 2 is 1.79 bits per heavy atom. The first-order chi connectivity index (χ1) is 6.52. The summed E-state index contributed by atoms with van der Waals surface area (Å²) >= 11 is 0. The summed E-state index contributed by atoms with van der Waals surface area (Å²) in [6.45, 7) is 13.4. The van der Waals surface area contributed by atoms with Crippen LogP contribution in [0.25, 0.3) is 0 Å². The Balaban J connectivity index is 2.42. The molecule has 0 amide bonds. The third-order valence-electron chi connectivity index (χ3n) is 4.41. The standard InChI is InChI=1S/C14H26/c1-10(2)6-8-14-9-7-11(3)12(4)13(14)5/h11-14H,1,6-9H2,2-5H3. The molecule has 1 saturated carbocycles. The van der Waals surface area contributed by atoms with Crippen LogP contribution in [0.1, 0.15) is 53.4 Å². The van der Waals surface area contributed by atoms with Crippen LogP contribution in [0.2, 0.25) is 0 Å². The maximum Gasteiger partial charge on any atom is -0.0323 e. The zero-order valence-electron chi connectivity index (χ0n) is 10.3. The topological polar surface area (TPSA) is 0 Å². The molecule has 0 heterocycles. The molecule has 1 aliphatic rings. The van der Waals surface area contributed by atoms with E-state index >= 15 is 0 Å². The van der Waals surface area contributed by atoms with Crippen LogP contribution in [0.3, 0.4) is 0 Å². The number of hydrogen-bond acceptors (Lipinski definition) is 0. The zero-order valence-corrected chi connectivity index (χ0v) is 10.3. The van der Waals surface area contributed by atoms with Crippen LogP contribution >= 0.6 is 0 Å². The van der Waals surface area contributed by atoms with Crippen LogP contribution in [-0.4, -0.2) is 0 Å². The van der Waals surface area contributed by atoms with Crippen LogP contribution in [0.4, 0.5) is 0 Å². The molecule has 1 rings (SSSR count). The van der Waals surface area contributed by atoms with E-state index in [1.165, 1.54) is 31.3 Å². The van der Waals surface area contributed by atoms with Crippen molar-refractivity contribution in [2.45, 2.75) is 53.4 Å². The van der Waals surface area contributed by atoms with Gasteiger partial charge in [0.15, 0.2) is 0 Å². The Hall–Kier alpha value is -0.260. The van der Waals surface area contributed by atoms with Gasteiger partial charge in [-0.25, -0.2) is 0 Å². The SMILES string of the molecule is C=C(C)CCC1CCC(C)C(C)C1C. The average Bonchev–Trinajstić information content (AvgIpc) is 2.13.